The molecule has 1 N–H and O–H groups in total. The maximum Gasteiger partial charge on any atom is 0.236 e. The average molecular weight is 473 g/mol. The SMILES string of the molecule is COc1ccc2nc(SCC(=O)N3CCN(S(=O)(=O)C=Cc4ccccc4)CC3)[nH]c2c1. The predicted molar refractivity (Wildman–Crippen MR) is 126 cm³/mol. The largest absolute Gasteiger partial charge is 0.497 e. The molecule has 1 fully saturated rings. The van der Waals surface area contributed by atoms with E-state index in [2.05, 4.69) is 9.97 Å². The first-order valence-electron chi connectivity index (χ1n) is 10.1. The molecule has 2 heterocycles. The standard InChI is InChI=1S/C22H24N4O4S2/c1-30-18-7-8-19-20(15-18)24-22(23-19)31-16-21(27)25-10-12-26(13-11-25)32(28,29)14-9-17-5-3-2-4-6-17/h2-9,14-15H,10-13,16H2,1H3,(H,23,24). The highest BCUT2D eigenvalue weighted by Gasteiger charge is 2.27. The molecule has 1 aliphatic rings. The number of nitrogens with one attached hydrogen (secondary N) is 1. The molecule has 3 aromatic rings. The van der Waals surface area contributed by atoms with Crippen LogP contribution in [0.4, 0.5) is 0 Å². The number of carbonyl (C=O) groups excluding carboxylic acids is 1. The molecule has 0 atom stereocenters. The van der Waals surface area contributed by atoms with E-state index in [9.17, 15) is 13.2 Å². The first-order chi connectivity index (χ1) is 15.4. The maximum atomic E-state index is 12.6. The Bertz CT molecular complexity index is 1220. The van der Waals surface area contributed by atoms with Crippen molar-refractivity contribution < 1.29 is 17.9 Å². The van der Waals surface area contributed by atoms with Gasteiger partial charge in [0.1, 0.15) is 5.75 Å². The lowest BCUT2D eigenvalue weighted by molar-refractivity contribution is -0.129. The van der Waals surface area contributed by atoms with Crippen molar-refractivity contribution in [2.75, 3.05) is 39.0 Å². The molecule has 1 aromatic heterocycles. The van der Waals surface area contributed by atoms with E-state index in [1.54, 1.807) is 18.1 Å². The van der Waals surface area contributed by atoms with Crippen LogP contribution in [-0.2, 0) is 14.8 Å². The number of aromatic amines is 1. The van der Waals surface area contributed by atoms with E-state index in [0.29, 0.717) is 18.2 Å². The van der Waals surface area contributed by atoms with Gasteiger partial charge in [0.25, 0.3) is 0 Å². The van der Waals surface area contributed by atoms with Gasteiger partial charge in [-0.05, 0) is 23.8 Å². The smallest absolute Gasteiger partial charge is 0.236 e. The molecule has 10 heteroatoms. The minimum Gasteiger partial charge on any atom is -0.497 e. The van der Waals surface area contributed by atoms with Crippen LogP contribution in [-0.4, -0.2) is 72.5 Å². The molecule has 0 bridgehead atoms. The van der Waals surface area contributed by atoms with E-state index in [1.165, 1.54) is 21.5 Å². The van der Waals surface area contributed by atoms with Crippen LogP contribution in [0.3, 0.4) is 0 Å². The van der Waals surface area contributed by atoms with Crippen LogP contribution < -0.4 is 4.74 Å². The van der Waals surface area contributed by atoms with Crippen molar-refractivity contribution in [2.45, 2.75) is 5.16 Å². The van der Waals surface area contributed by atoms with Gasteiger partial charge in [-0.2, -0.15) is 4.31 Å². The molecule has 1 amide bonds. The van der Waals surface area contributed by atoms with E-state index >= 15 is 0 Å². The van der Waals surface area contributed by atoms with Gasteiger partial charge < -0.3 is 14.6 Å². The van der Waals surface area contributed by atoms with Crippen molar-refractivity contribution in [3.05, 3.63) is 59.5 Å². The fraction of sp³-hybridized carbons (Fsp3) is 0.273. The summed E-state index contributed by atoms with van der Waals surface area (Å²) in [5.74, 6) is 0.933. The molecule has 4 rings (SSSR count). The van der Waals surface area contributed by atoms with Gasteiger partial charge in [0, 0.05) is 37.7 Å². The molecule has 0 spiro atoms. The van der Waals surface area contributed by atoms with Crippen molar-refractivity contribution in [1.82, 2.24) is 19.2 Å². The fourth-order valence-corrected chi connectivity index (χ4v) is 5.35. The summed E-state index contributed by atoms with van der Waals surface area (Å²) in [4.78, 5) is 22.0. The number of methoxy groups -OCH3 is 1. The highest BCUT2D eigenvalue weighted by atomic mass is 32.2. The molecule has 32 heavy (non-hydrogen) atoms. The van der Waals surface area contributed by atoms with E-state index in [0.717, 1.165) is 22.3 Å². The number of sulfonamides is 1. The first-order valence-corrected chi connectivity index (χ1v) is 12.6. The number of rotatable bonds is 7. The number of carbonyl (C=O) groups is 1. The van der Waals surface area contributed by atoms with E-state index in [4.69, 9.17) is 4.74 Å². The second-order valence-corrected chi connectivity index (χ2v) is 10.0. The summed E-state index contributed by atoms with van der Waals surface area (Å²) in [5, 5.41) is 1.89. The van der Waals surface area contributed by atoms with Gasteiger partial charge in [-0.25, -0.2) is 13.4 Å². The molecule has 0 saturated carbocycles. The van der Waals surface area contributed by atoms with E-state index in [1.807, 2.05) is 48.5 Å². The number of nitrogens with zero attached hydrogens (tertiary/aromatic N) is 3. The lowest BCUT2D eigenvalue weighted by atomic mass is 10.2. The number of fused-ring (bicyclic) bond motifs is 1. The summed E-state index contributed by atoms with van der Waals surface area (Å²) in [6.07, 6.45) is 1.59. The third-order valence-electron chi connectivity index (χ3n) is 5.18. The normalized spacial score (nSPS) is 15.5. The number of piperazine rings is 1. The minimum absolute atomic E-state index is 0.0371. The summed E-state index contributed by atoms with van der Waals surface area (Å²) in [7, 11) is -1.91. The van der Waals surface area contributed by atoms with Crippen LogP contribution in [0.15, 0.2) is 59.1 Å². The van der Waals surface area contributed by atoms with Crippen LogP contribution in [0.1, 0.15) is 5.56 Å². The number of thioether (sulfide) groups is 1. The third-order valence-corrected chi connectivity index (χ3v) is 7.61. The van der Waals surface area contributed by atoms with Crippen LogP contribution >= 0.6 is 11.8 Å². The Hall–Kier alpha value is -2.82. The summed E-state index contributed by atoms with van der Waals surface area (Å²) in [6.45, 7) is 1.30. The molecule has 1 saturated heterocycles. The Morgan fingerprint density at radius 2 is 1.91 bits per heavy atom. The number of hydrogen-bond donors (Lipinski definition) is 1. The zero-order chi connectivity index (χ0) is 22.6. The van der Waals surface area contributed by atoms with Crippen LogP contribution in [0.5, 0.6) is 5.75 Å². The highest BCUT2D eigenvalue weighted by molar-refractivity contribution is 7.99. The van der Waals surface area contributed by atoms with Gasteiger partial charge in [-0.3, -0.25) is 4.79 Å². The monoisotopic (exact) mass is 472 g/mol. The first kappa shape index (κ1) is 22.4. The molecular formula is C22H24N4O4S2. The number of hydrogen-bond acceptors (Lipinski definition) is 6. The summed E-state index contributed by atoms with van der Waals surface area (Å²) < 4.78 is 31.8. The second-order valence-electron chi connectivity index (χ2n) is 7.25. The zero-order valence-electron chi connectivity index (χ0n) is 17.6. The number of benzene rings is 2. The summed E-state index contributed by atoms with van der Waals surface area (Å²) in [5.41, 5.74) is 2.48. The highest BCUT2D eigenvalue weighted by Crippen LogP contribution is 2.23. The topological polar surface area (TPSA) is 95.6 Å². The molecule has 0 radical (unpaired) electrons. The van der Waals surface area contributed by atoms with Crippen LogP contribution in [0.25, 0.3) is 17.1 Å². The Morgan fingerprint density at radius 3 is 2.62 bits per heavy atom. The fourth-order valence-electron chi connectivity index (χ4n) is 3.39. The molecule has 0 aliphatic carbocycles. The van der Waals surface area contributed by atoms with Crippen molar-refractivity contribution in [3.8, 4) is 5.75 Å². The summed E-state index contributed by atoms with van der Waals surface area (Å²) >= 11 is 1.33. The Balaban J connectivity index is 1.29. The maximum absolute atomic E-state index is 12.6. The number of H-pyrrole nitrogens is 1. The third kappa shape index (κ3) is 5.32. The Kier molecular flexibility index (Phi) is 6.83. The number of ether oxygens (including phenoxy) is 1. The van der Waals surface area contributed by atoms with E-state index < -0.39 is 10.0 Å². The van der Waals surface area contributed by atoms with Gasteiger partial charge in [0.05, 0.1) is 23.9 Å². The van der Waals surface area contributed by atoms with Crippen molar-refractivity contribution >= 4 is 44.8 Å². The quantitative estimate of drug-likeness (QED) is 0.532. The Labute approximate surface area is 191 Å². The van der Waals surface area contributed by atoms with Gasteiger partial charge in [0.2, 0.25) is 15.9 Å². The molecular weight excluding hydrogens is 448 g/mol. The van der Waals surface area contributed by atoms with Crippen molar-refractivity contribution in [1.29, 1.82) is 0 Å². The zero-order valence-corrected chi connectivity index (χ0v) is 19.2. The average Bonchev–Trinajstić information content (AvgIpc) is 3.24. The number of imidazole rings is 1. The second kappa shape index (κ2) is 9.76. The molecule has 168 valence electrons. The molecule has 2 aromatic carbocycles. The lowest BCUT2D eigenvalue weighted by Gasteiger charge is -2.33. The minimum atomic E-state index is -3.52. The molecule has 0 unspecified atom stereocenters. The van der Waals surface area contributed by atoms with E-state index in [-0.39, 0.29) is 24.7 Å². The van der Waals surface area contributed by atoms with Crippen LogP contribution in [0, 0.1) is 0 Å². The van der Waals surface area contributed by atoms with Gasteiger partial charge >= 0.3 is 0 Å². The van der Waals surface area contributed by atoms with Gasteiger partial charge in [-0.1, -0.05) is 42.1 Å². The van der Waals surface area contributed by atoms with Gasteiger partial charge in [0.15, 0.2) is 5.16 Å². The molecule has 1 aliphatic heterocycles. The molecule has 8 nitrogen and oxygen atoms in total. The Morgan fingerprint density at radius 1 is 1.16 bits per heavy atom. The van der Waals surface area contributed by atoms with Crippen molar-refractivity contribution in [3.63, 3.8) is 0 Å². The summed E-state index contributed by atoms with van der Waals surface area (Å²) in [6, 6.07) is 14.9. The number of amides is 1. The predicted octanol–water partition coefficient (Wildman–Crippen LogP) is 2.81. The van der Waals surface area contributed by atoms with Gasteiger partial charge in [-0.15, -0.1) is 0 Å². The lowest BCUT2D eigenvalue weighted by Crippen LogP contribution is -2.50. The number of aromatic nitrogens is 2. The van der Waals surface area contributed by atoms with Crippen molar-refractivity contribution in [2.24, 2.45) is 0 Å². The van der Waals surface area contributed by atoms with Crippen LogP contribution in [0.2, 0.25) is 0 Å².